The van der Waals surface area contributed by atoms with Crippen molar-refractivity contribution in [3.8, 4) is 0 Å². The van der Waals surface area contributed by atoms with E-state index < -0.39 is 17.9 Å². The summed E-state index contributed by atoms with van der Waals surface area (Å²) in [5.74, 6) is -2.01. The van der Waals surface area contributed by atoms with Crippen LogP contribution in [0.3, 0.4) is 0 Å². The minimum absolute atomic E-state index is 0. The summed E-state index contributed by atoms with van der Waals surface area (Å²) in [5.41, 5.74) is 0. The number of hydrogen-bond acceptors (Lipinski definition) is 4. The molecule has 0 amide bonds. The Bertz CT molecular complexity index is 348. The van der Waals surface area contributed by atoms with Gasteiger partial charge in [0.15, 0.2) is 0 Å². The van der Waals surface area contributed by atoms with Gasteiger partial charge in [0.05, 0.1) is 0 Å². The van der Waals surface area contributed by atoms with Gasteiger partial charge in [0, 0.05) is 47.6 Å². The molecule has 0 bridgehead atoms. The summed E-state index contributed by atoms with van der Waals surface area (Å²) in [6, 6.07) is 0. The summed E-state index contributed by atoms with van der Waals surface area (Å²) in [7, 11) is 0. The number of hydrogen-bond donors (Lipinski definition) is 4. The van der Waals surface area contributed by atoms with Gasteiger partial charge in [0.2, 0.25) is 0 Å². The van der Waals surface area contributed by atoms with E-state index in [0.29, 0.717) is 19.3 Å². The minimum Gasteiger partial charge on any atom is -0.481 e. The molecule has 7 nitrogen and oxygen atoms in total. The molecule has 0 aliphatic carbocycles. The van der Waals surface area contributed by atoms with Crippen LogP contribution in [0.1, 0.15) is 143 Å². The molecule has 0 aliphatic rings. The Morgan fingerprint density at radius 1 is 0.441 bits per heavy atom. The molecule has 0 saturated carbocycles. The summed E-state index contributed by atoms with van der Waals surface area (Å²) in [5, 5.41) is 32.4. The first kappa shape index (κ1) is 43.2. The van der Waals surface area contributed by atoms with Gasteiger partial charge in [-0.3, -0.25) is 14.4 Å². The van der Waals surface area contributed by atoms with Crippen molar-refractivity contribution in [3.05, 3.63) is 0 Å². The van der Waals surface area contributed by atoms with Gasteiger partial charge >= 0.3 is 17.9 Å². The van der Waals surface area contributed by atoms with Crippen LogP contribution in [0.25, 0.3) is 0 Å². The number of aliphatic hydroxyl groups excluding tert-OH is 1. The molecule has 0 fully saturated rings. The fourth-order valence-corrected chi connectivity index (χ4v) is 2.64. The average molecular weight is 527 g/mol. The average Bonchev–Trinajstić information content (AvgIpc) is 2.74. The van der Waals surface area contributed by atoms with Crippen LogP contribution >= 0.6 is 0 Å². The van der Waals surface area contributed by atoms with Crippen LogP contribution in [-0.2, 0) is 36.1 Å². The zero-order chi connectivity index (χ0) is 26.2. The molecule has 34 heavy (non-hydrogen) atoms. The van der Waals surface area contributed by atoms with E-state index in [9.17, 15) is 14.4 Å². The molecule has 0 saturated heterocycles. The predicted octanol–water partition coefficient (Wildman–Crippen LogP) is 7.29. The quantitative estimate of drug-likeness (QED) is 0.109. The number of carboxylic acids is 3. The van der Waals surface area contributed by atoms with Gasteiger partial charge in [-0.2, -0.15) is 0 Å². The standard InChI is InChI=1S/3C8H16O2.C2H6O.Ti/c3*1-2-3-4-5-6-7-8(9)10;1-2-3;/h3*2-7H2,1H3,(H,9,10);3H,2H2,1H3;. The zero-order valence-corrected chi connectivity index (χ0v) is 24.0. The predicted molar refractivity (Wildman–Crippen MR) is 136 cm³/mol. The van der Waals surface area contributed by atoms with E-state index in [4.69, 9.17) is 20.4 Å². The SMILES string of the molecule is CCCCCCCC(=O)O.CCCCCCCC(=O)O.CCCCCCCC(=O)O.CCO.[Ti]. The minimum atomic E-state index is -0.670. The topological polar surface area (TPSA) is 132 Å². The number of carboxylic acid groups (broad SMARTS) is 3. The molecule has 0 rings (SSSR count). The van der Waals surface area contributed by atoms with Gasteiger partial charge in [-0.1, -0.05) is 97.8 Å². The Kier molecular flexibility index (Phi) is 53.7. The fraction of sp³-hybridized carbons (Fsp3) is 0.885. The first-order valence-corrected chi connectivity index (χ1v) is 13.0. The maximum Gasteiger partial charge on any atom is 0.303 e. The number of carbonyl (C=O) groups is 3. The van der Waals surface area contributed by atoms with Crippen LogP contribution in [0.15, 0.2) is 0 Å². The molecule has 0 heterocycles. The summed E-state index contributed by atoms with van der Waals surface area (Å²) in [6.07, 6.45) is 17.7. The molecule has 0 spiro atoms. The second-order valence-corrected chi connectivity index (χ2v) is 7.99. The van der Waals surface area contributed by atoms with Crippen LogP contribution < -0.4 is 0 Å². The molecule has 4 N–H and O–H groups in total. The van der Waals surface area contributed by atoms with Gasteiger partial charge in [0.1, 0.15) is 0 Å². The Morgan fingerprint density at radius 2 is 0.618 bits per heavy atom. The summed E-state index contributed by atoms with van der Waals surface area (Å²) in [4.78, 5) is 30.1. The first-order valence-electron chi connectivity index (χ1n) is 13.0. The third-order valence-electron chi connectivity index (χ3n) is 4.48. The van der Waals surface area contributed by atoms with E-state index in [1.54, 1.807) is 6.92 Å². The van der Waals surface area contributed by atoms with Crippen molar-refractivity contribution < 1.29 is 56.5 Å². The second kappa shape index (κ2) is 42.3. The number of rotatable bonds is 18. The van der Waals surface area contributed by atoms with E-state index in [0.717, 1.165) is 38.5 Å². The zero-order valence-electron chi connectivity index (χ0n) is 22.4. The Balaban J connectivity index is -0.000000115. The summed E-state index contributed by atoms with van der Waals surface area (Å²) in [6.45, 7) is 8.38. The van der Waals surface area contributed by atoms with Gasteiger partial charge < -0.3 is 20.4 Å². The van der Waals surface area contributed by atoms with Crippen LogP contribution in [0, 0.1) is 0 Å². The second-order valence-electron chi connectivity index (χ2n) is 7.99. The molecule has 0 aliphatic heterocycles. The third-order valence-corrected chi connectivity index (χ3v) is 4.48. The van der Waals surface area contributed by atoms with Crippen molar-refractivity contribution in [2.45, 2.75) is 143 Å². The number of aliphatic carboxylic acids is 3. The maximum atomic E-state index is 10.0. The van der Waals surface area contributed by atoms with E-state index in [2.05, 4.69) is 20.8 Å². The van der Waals surface area contributed by atoms with Crippen molar-refractivity contribution in [2.75, 3.05) is 6.61 Å². The van der Waals surface area contributed by atoms with Crippen molar-refractivity contribution in [2.24, 2.45) is 0 Å². The summed E-state index contributed by atoms with van der Waals surface area (Å²) < 4.78 is 0. The Hall–Kier alpha value is -0.916. The van der Waals surface area contributed by atoms with E-state index in [-0.39, 0.29) is 28.3 Å². The van der Waals surface area contributed by atoms with Gasteiger partial charge in [-0.25, -0.2) is 0 Å². The largest absolute Gasteiger partial charge is 0.481 e. The summed E-state index contributed by atoms with van der Waals surface area (Å²) >= 11 is 0. The Morgan fingerprint density at radius 3 is 0.765 bits per heavy atom. The molecule has 0 atom stereocenters. The van der Waals surface area contributed by atoms with E-state index >= 15 is 0 Å². The third kappa shape index (κ3) is 69.7. The molecular weight excluding hydrogens is 472 g/mol. The molecule has 8 heteroatoms. The van der Waals surface area contributed by atoms with Crippen LogP contribution in [0.4, 0.5) is 0 Å². The molecule has 204 valence electrons. The monoisotopic (exact) mass is 526 g/mol. The van der Waals surface area contributed by atoms with Crippen LogP contribution in [0.2, 0.25) is 0 Å². The van der Waals surface area contributed by atoms with Gasteiger partial charge in [0.25, 0.3) is 0 Å². The van der Waals surface area contributed by atoms with Gasteiger partial charge in [-0.05, 0) is 26.2 Å². The van der Waals surface area contributed by atoms with Crippen molar-refractivity contribution >= 4 is 17.9 Å². The molecular formula is C26H54O7Ti. The normalized spacial score (nSPS) is 9.09. The molecule has 0 aromatic heterocycles. The maximum absolute atomic E-state index is 10.0. The van der Waals surface area contributed by atoms with E-state index in [1.807, 2.05) is 0 Å². The fourth-order valence-electron chi connectivity index (χ4n) is 2.64. The smallest absolute Gasteiger partial charge is 0.303 e. The van der Waals surface area contributed by atoms with Crippen molar-refractivity contribution in [1.82, 2.24) is 0 Å². The van der Waals surface area contributed by atoms with Crippen LogP contribution in [0.5, 0.6) is 0 Å². The molecule has 0 aromatic rings. The number of unbranched alkanes of at least 4 members (excludes halogenated alkanes) is 12. The first-order chi connectivity index (χ1) is 15.7. The van der Waals surface area contributed by atoms with Crippen LogP contribution in [-0.4, -0.2) is 44.9 Å². The molecule has 0 radical (unpaired) electrons. The Labute approximate surface area is 224 Å². The van der Waals surface area contributed by atoms with Gasteiger partial charge in [-0.15, -0.1) is 0 Å². The molecule has 0 aromatic carbocycles. The van der Waals surface area contributed by atoms with Crippen molar-refractivity contribution in [1.29, 1.82) is 0 Å². The number of aliphatic hydroxyl groups is 1. The van der Waals surface area contributed by atoms with Crippen molar-refractivity contribution in [3.63, 3.8) is 0 Å². The van der Waals surface area contributed by atoms with E-state index in [1.165, 1.54) is 57.8 Å². The molecule has 0 unspecified atom stereocenters.